The Morgan fingerprint density at radius 3 is 2.32 bits per heavy atom. The molecule has 0 saturated carbocycles. The Balaban J connectivity index is 3.58. The van der Waals surface area contributed by atoms with Gasteiger partial charge in [-0.25, -0.2) is 4.79 Å². The third-order valence-electron chi connectivity index (χ3n) is 3.28. The van der Waals surface area contributed by atoms with Gasteiger partial charge in [0.2, 0.25) is 0 Å². The van der Waals surface area contributed by atoms with Crippen LogP contribution in [0.1, 0.15) is 13.3 Å². The van der Waals surface area contributed by atoms with Crippen molar-refractivity contribution in [3.8, 4) is 0 Å². The quantitative estimate of drug-likeness (QED) is 0.465. The summed E-state index contributed by atoms with van der Waals surface area (Å²) in [6.45, 7) is 7.27. The van der Waals surface area contributed by atoms with E-state index in [9.17, 15) is 4.79 Å². The molecule has 114 valence electrons. The number of rotatable bonds is 10. The van der Waals surface area contributed by atoms with Crippen LogP contribution in [-0.2, 0) is 8.85 Å². The lowest BCUT2D eigenvalue weighted by molar-refractivity contribution is 0.237. The van der Waals surface area contributed by atoms with E-state index in [1.54, 1.807) is 14.2 Å². The first-order valence-electron chi connectivity index (χ1n) is 6.78. The number of nitrogens with zero attached hydrogens (tertiary/aromatic N) is 1. The van der Waals surface area contributed by atoms with E-state index in [-0.39, 0.29) is 6.03 Å². The molecule has 0 aromatic heterocycles. The van der Waals surface area contributed by atoms with Crippen LogP contribution in [0.4, 0.5) is 4.79 Å². The molecule has 0 aliphatic carbocycles. The fraction of sp³-hybridized carbons (Fsp3) is 0.917. The smallest absolute Gasteiger partial charge is 0.334 e. The van der Waals surface area contributed by atoms with Gasteiger partial charge in [0.1, 0.15) is 0 Å². The molecule has 2 N–H and O–H groups in total. The maximum absolute atomic E-state index is 11.5. The zero-order valence-electron chi connectivity index (χ0n) is 12.9. The van der Waals surface area contributed by atoms with Crippen molar-refractivity contribution in [1.82, 2.24) is 15.5 Å². The minimum Gasteiger partial charge on any atom is -0.398 e. The lowest BCUT2D eigenvalue weighted by atomic mass is 10.5. The van der Waals surface area contributed by atoms with Crippen molar-refractivity contribution < 1.29 is 13.6 Å². The fourth-order valence-corrected chi connectivity index (χ4v) is 2.87. The lowest BCUT2D eigenvalue weighted by Crippen LogP contribution is -2.41. The molecule has 0 saturated heterocycles. The van der Waals surface area contributed by atoms with Crippen LogP contribution in [0.5, 0.6) is 0 Å². The standard InChI is InChI=1S/C12H29N3O3Si/c1-6-15(2)10-9-14-12(16)13-8-7-11-19(5,17-3)18-4/h6-11H2,1-5H3,(H2,13,14,16). The van der Waals surface area contributed by atoms with Gasteiger partial charge in [0, 0.05) is 33.9 Å². The van der Waals surface area contributed by atoms with Gasteiger partial charge in [-0.05, 0) is 32.6 Å². The van der Waals surface area contributed by atoms with Gasteiger partial charge in [-0.3, -0.25) is 0 Å². The summed E-state index contributed by atoms with van der Waals surface area (Å²) in [6, 6.07) is 0.765. The summed E-state index contributed by atoms with van der Waals surface area (Å²) in [5.74, 6) is 0. The van der Waals surface area contributed by atoms with E-state index in [0.29, 0.717) is 13.1 Å². The van der Waals surface area contributed by atoms with Gasteiger partial charge in [0.25, 0.3) is 0 Å². The van der Waals surface area contributed by atoms with Crippen LogP contribution in [0.2, 0.25) is 12.6 Å². The zero-order valence-corrected chi connectivity index (χ0v) is 13.9. The molecule has 0 fully saturated rings. The Bertz CT molecular complexity index is 250. The van der Waals surface area contributed by atoms with Gasteiger partial charge in [-0.1, -0.05) is 6.92 Å². The van der Waals surface area contributed by atoms with Gasteiger partial charge < -0.3 is 24.4 Å². The van der Waals surface area contributed by atoms with Crippen LogP contribution >= 0.6 is 0 Å². The fourth-order valence-electron chi connectivity index (χ4n) is 1.48. The molecular formula is C12H29N3O3Si. The minimum absolute atomic E-state index is 0.109. The third-order valence-corrected chi connectivity index (χ3v) is 6.26. The first-order chi connectivity index (χ1) is 8.97. The molecular weight excluding hydrogens is 262 g/mol. The Morgan fingerprint density at radius 2 is 1.79 bits per heavy atom. The second-order valence-electron chi connectivity index (χ2n) is 4.72. The molecule has 7 heteroatoms. The highest BCUT2D eigenvalue weighted by Crippen LogP contribution is 2.12. The summed E-state index contributed by atoms with van der Waals surface area (Å²) < 4.78 is 10.8. The van der Waals surface area contributed by atoms with Crippen molar-refractivity contribution in [2.75, 3.05) is 47.4 Å². The van der Waals surface area contributed by atoms with E-state index in [2.05, 4.69) is 22.5 Å². The molecule has 6 nitrogen and oxygen atoms in total. The summed E-state index contributed by atoms with van der Waals surface area (Å²) in [5, 5.41) is 5.67. The second kappa shape index (κ2) is 10.2. The van der Waals surface area contributed by atoms with Crippen LogP contribution in [0.25, 0.3) is 0 Å². The summed E-state index contributed by atoms with van der Waals surface area (Å²) in [4.78, 5) is 13.6. The van der Waals surface area contributed by atoms with Gasteiger partial charge in [-0.15, -0.1) is 0 Å². The minimum atomic E-state index is -1.99. The molecule has 0 rings (SSSR count). The first-order valence-corrected chi connectivity index (χ1v) is 9.30. The number of amides is 2. The zero-order chi connectivity index (χ0) is 14.7. The van der Waals surface area contributed by atoms with Gasteiger partial charge in [-0.2, -0.15) is 0 Å². The average Bonchev–Trinajstić information content (AvgIpc) is 2.43. The van der Waals surface area contributed by atoms with Crippen LogP contribution in [0, 0.1) is 0 Å². The molecule has 0 radical (unpaired) electrons. The van der Waals surface area contributed by atoms with E-state index >= 15 is 0 Å². The van der Waals surface area contributed by atoms with E-state index in [0.717, 1.165) is 25.6 Å². The maximum atomic E-state index is 11.5. The highest BCUT2D eigenvalue weighted by Gasteiger charge is 2.27. The van der Waals surface area contributed by atoms with E-state index in [4.69, 9.17) is 8.85 Å². The van der Waals surface area contributed by atoms with Crippen LogP contribution in [-0.4, -0.2) is 66.9 Å². The molecule has 0 aliphatic rings. The predicted molar refractivity (Wildman–Crippen MR) is 79.6 cm³/mol. The Kier molecular flexibility index (Phi) is 9.85. The Labute approximate surface area is 118 Å². The molecule has 0 bridgehead atoms. The predicted octanol–water partition coefficient (Wildman–Crippen LogP) is 0.992. The summed E-state index contributed by atoms with van der Waals surface area (Å²) in [6.07, 6.45) is 0.868. The van der Waals surface area contributed by atoms with Gasteiger partial charge in [0.05, 0.1) is 0 Å². The number of carbonyl (C=O) groups is 1. The van der Waals surface area contributed by atoms with E-state index in [1.165, 1.54) is 0 Å². The SMILES string of the molecule is CCN(C)CCNC(=O)NCCC[Si](C)(OC)OC. The molecule has 0 aromatic carbocycles. The molecule has 0 aromatic rings. The summed E-state index contributed by atoms with van der Waals surface area (Å²) >= 11 is 0. The van der Waals surface area contributed by atoms with E-state index in [1.807, 2.05) is 13.6 Å². The number of carbonyl (C=O) groups excluding carboxylic acids is 1. The van der Waals surface area contributed by atoms with Crippen LogP contribution in [0.15, 0.2) is 0 Å². The Morgan fingerprint density at radius 1 is 1.21 bits per heavy atom. The molecule has 2 amide bonds. The number of likely N-dealkylation sites (N-methyl/N-ethyl adjacent to an activating group) is 1. The van der Waals surface area contributed by atoms with Crippen molar-refractivity contribution in [3.63, 3.8) is 0 Å². The molecule has 0 spiro atoms. The number of urea groups is 1. The normalized spacial score (nSPS) is 11.7. The maximum Gasteiger partial charge on any atom is 0.334 e. The van der Waals surface area contributed by atoms with Crippen LogP contribution in [0.3, 0.4) is 0 Å². The molecule has 0 aliphatic heterocycles. The number of hydrogen-bond acceptors (Lipinski definition) is 4. The van der Waals surface area contributed by atoms with Gasteiger partial charge >= 0.3 is 14.6 Å². The lowest BCUT2D eigenvalue weighted by Gasteiger charge is -2.22. The van der Waals surface area contributed by atoms with E-state index < -0.39 is 8.56 Å². The summed E-state index contributed by atoms with van der Waals surface area (Å²) in [5.41, 5.74) is 0. The highest BCUT2D eigenvalue weighted by molar-refractivity contribution is 6.65. The van der Waals surface area contributed by atoms with Crippen molar-refractivity contribution in [2.45, 2.75) is 25.9 Å². The molecule has 0 unspecified atom stereocenters. The largest absolute Gasteiger partial charge is 0.398 e. The average molecular weight is 291 g/mol. The van der Waals surface area contributed by atoms with Crippen molar-refractivity contribution in [3.05, 3.63) is 0 Å². The summed E-state index contributed by atoms with van der Waals surface area (Å²) in [7, 11) is 3.40. The monoisotopic (exact) mass is 291 g/mol. The topological polar surface area (TPSA) is 62.8 Å². The molecule has 0 heterocycles. The van der Waals surface area contributed by atoms with Crippen molar-refractivity contribution >= 4 is 14.6 Å². The number of nitrogens with one attached hydrogen (secondary N) is 2. The second-order valence-corrected chi connectivity index (χ2v) is 8.31. The van der Waals surface area contributed by atoms with Crippen molar-refractivity contribution in [2.24, 2.45) is 0 Å². The first kappa shape index (κ1) is 18.4. The molecule has 19 heavy (non-hydrogen) atoms. The third kappa shape index (κ3) is 8.98. The van der Waals surface area contributed by atoms with Crippen molar-refractivity contribution in [1.29, 1.82) is 0 Å². The van der Waals surface area contributed by atoms with Gasteiger partial charge in [0.15, 0.2) is 0 Å². The van der Waals surface area contributed by atoms with Crippen LogP contribution < -0.4 is 10.6 Å². The molecule has 0 atom stereocenters. The highest BCUT2D eigenvalue weighted by atomic mass is 28.4. The Hall–Kier alpha value is -0.633. The number of hydrogen-bond donors (Lipinski definition) is 2.